The fraction of sp³-hybridized carbons (Fsp3) is 0.161. The van der Waals surface area contributed by atoms with E-state index in [-0.39, 0.29) is 16.7 Å². The Kier molecular flexibility index (Phi) is 8.57. The molecular weight excluding hydrogens is 551 g/mol. The number of amides is 2. The van der Waals surface area contributed by atoms with Crippen molar-refractivity contribution in [3.8, 4) is 28.4 Å². The molecule has 0 fully saturated rings. The molecule has 0 saturated heterocycles. The van der Waals surface area contributed by atoms with Gasteiger partial charge in [0, 0.05) is 10.6 Å². The summed E-state index contributed by atoms with van der Waals surface area (Å²) in [5.74, 6) is 0.154. The highest BCUT2D eigenvalue weighted by molar-refractivity contribution is 6.35. The van der Waals surface area contributed by atoms with Gasteiger partial charge in [0.25, 0.3) is 0 Å². The highest BCUT2D eigenvalue weighted by Crippen LogP contribution is 2.39. The molecular formula is C31H28Cl2N2O5. The molecule has 4 aromatic rings. The number of carboxylic acids is 1. The zero-order valence-electron chi connectivity index (χ0n) is 22.3. The minimum atomic E-state index is -1.12. The first-order valence-corrected chi connectivity index (χ1v) is 13.1. The smallest absolute Gasteiger partial charge is 0.339 e. The second kappa shape index (κ2) is 11.9. The minimum absolute atomic E-state index is 0.0160. The Morgan fingerprint density at radius 3 is 2.10 bits per heavy atom. The van der Waals surface area contributed by atoms with Crippen LogP contribution in [0.4, 0.5) is 16.2 Å². The van der Waals surface area contributed by atoms with Gasteiger partial charge in [-0.25, -0.2) is 9.59 Å². The first-order chi connectivity index (χ1) is 19.0. The number of hydrogen-bond acceptors (Lipinski definition) is 4. The molecule has 7 nitrogen and oxygen atoms in total. The quantitative estimate of drug-likeness (QED) is 0.203. The molecule has 0 atom stereocenters. The van der Waals surface area contributed by atoms with Gasteiger partial charge in [-0.2, -0.15) is 0 Å². The van der Waals surface area contributed by atoms with Crippen LogP contribution in [-0.4, -0.2) is 24.2 Å². The SMILES string of the molecule is COc1ccc(-c2ccc(Oc3ccccc3C(C)(C)C)c(NC(=O)Nc3cc(Cl)ccc3Cl)c2)cc1C(=O)O. The molecule has 3 N–H and O–H groups in total. The molecule has 0 spiro atoms. The Balaban J connectivity index is 1.75. The average Bonchev–Trinajstić information content (AvgIpc) is 2.91. The zero-order valence-corrected chi connectivity index (χ0v) is 23.9. The van der Waals surface area contributed by atoms with Gasteiger partial charge in [0.05, 0.1) is 23.5 Å². The van der Waals surface area contributed by atoms with Crippen LogP contribution in [0.5, 0.6) is 17.2 Å². The van der Waals surface area contributed by atoms with Crippen molar-refractivity contribution >= 4 is 46.6 Å². The van der Waals surface area contributed by atoms with E-state index in [1.54, 1.807) is 48.5 Å². The van der Waals surface area contributed by atoms with Gasteiger partial charge in [-0.05, 0) is 65.1 Å². The van der Waals surface area contributed by atoms with E-state index in [0.29, 0.717) is 44.0 Å². The van der Waals surface area contributed by atoms with Crippen LogP contribution in [0.1, 0.15) is 36.7 Å². The van der Waals surface area contributed by atoms with Crippen molar-refractivity contribution in [2.45, 2.75) is 26.2 Å². The van der Waals surface area contributed by atoms with Crippen LogP contribution in [0.2, 0.25) is 10.0 Å². The third-order valence-corrected chi connectivity index (χ3v) is 6.65. The Morgan fingerprint density at radius 2 is 1.43 bits per heavy atom. The number of ether oxygens (including phenoxy) is 2. The number of urea groups is 1. The number of carboxylic acid groups (broad SMARTS) is 1. The third kappa shape index (κ3) is 6.68. The molecule has 4 aromatic carbocycles. The Labute approximate surface area is 242 Å². The first-order valence-electron chi connectivity index (χ1n) is 12.3. The number of para-hydroxylation sites is 1. The number of hydrogen-bond donors (Lipinski definition) is 3. The van der Waals surface area contributed by atoms with Gasteiger partial charge in [0.2, 0.25) is 0 Å². The normalized spacial score (nSPS) is 11.1. The van der Waals surface area contributed by atoms with E-state index in [1.807, 2.05) is 24.3 Å². The summed E-state index contributed by atoms with van der Waals surface area (Å²) >= 11 is 12.3. The van der Waals surface area contributed by atoms with Crippen LogP contribution in [0.25, 0.3) is 11.1 Å². The molecule has 0 unspecified atom stereocenters. The van der Waals surface area contributed by atoms with Crippen molar-refractivity contribution in [2.24, 2.45) is 0 Å². The lowest BCUT2D eigenvalue weighted by atomic mass is 9.86. The fourth-order valence-corrected chi connectivity index (χ4v) is 4.45. The Morgan fingerprint density at radius 1 is 0.775 bits per heavy atom. The summed E-state index contributed by atoms with van der Waals surface area (Å²) in [6.45, 7) is 6.26. The highest BCUT2D eigenvalue weighted by atomic mass is 35.5. The average molecular weight is 579 g/mol. The number of carbonyl (C=O) groups excluding carboxylic acids is 1. The lowest BCUT2D eigenvalue weighted by Crippen LogP contribution is -2.20. The van der Waals surface area contributed by atoms with Gasteiger partial charge in [-0.1, -0.05) is 74.3 Å². The molecule has 0 aliphatic heterocycles. The summed E-state index contributed by atoms with van der Waals surface area (Å²) in [5.41, 5.74) is 2.76. The number of carbonyl (C=O) groups is 2. The molecule has 9 heteroatoms. The molecule has 0 bridgehead atoms. The molecule has 206 valence electrons. The number of aromatic carboxylic acids is 1. The van der Waals surface area contributed by atoms with Crippen molar-refractivity contribution < 1.29 is 24.2 Å². The lowest BCUT2D eigenvalue weighted by molar-refractivity contribution is 0.0693. The van der Waals surface area contributed by atoms with Crippen LogP contribution >= 0.6 is 23.2 Å². The lowest BCUT2D eigenvalue weighted by Gasteiger charge is -2.23. The molecule has 0 aromatic heterocycles. The van der Waals surface area contributed by atoms with Gasteiger partial charge < -0.3 is 25.2 Å². The third-order valence-electron chi connectivity index (χ3n) is 6.08. The molecule has 40 heavy (non-hydrogen) atoms. The van der Waals surface area contributed by atoms with Crippen molar-refractivity contribution in [1.82, 2.24) is 0 Å². The molecule has 0 saturated carbocycles. The number of anilines is 2. The maximum Gasteiger partial charge on any atom is 0.339 e. The largest absolute Gasteiger partial charge is 0.496 e. The summed E-state index contributed by atoms with van der Waals surface area (Å²) in [6, 6.07) is 21.9. The summed E-state index contributed by atoms with van der Waals surface area (Å²) in [5, 5.41) is 15.9. The molecule has 2 amide bonds. The predicted molar refractivity (Wildman–Crippen MR) is 160 cm³/mol. The number of halogens is 2. The molecule has 0 heterocycles. The van der Waals surface area contributed by atoms with Gasteiger partial charge >= 0.3 is 12.0 Å². The van der Waals surface area contributed by atoms with Gasteiger partial charge in [-0.15, -0.1) is 0 Å². The van der Waals surface area contributed by atoms with Crippen LogP contribution in [0.15, 0.2) is 78.9 Å². The van der Waals surface area contributed by atoms with E-state index in [1.165, 1.54) is 13.2 Å². The van der Waals surface area contributed by atoms with E-state index in [4.69, 9.17) is 32.7 Å². The topological polar surface area (TPSA) is 96.9 Å². The van der Waals surface area contributed by atoms with Crippen LogP contribution in [0.3, 0.4) is 0 Å². The van der Waals surface area contributed by atoms with E-state index in [2.05, 4.69) is 31.4 Å². The molecule has 0 radical (unpaired) electrons. The number of benzene rings is 4. The maximum absolute atomic E-state index is 13.1. The predicted octanol–water partition coefficient (Wildman–Crippen LogP) is 9.10. The van der Waals surface area contributed by atoms with Crippen LogP contribution in [0, 0.1) is 0 Å². The molecule has 0 aliphatic rings. The zero-order chi connectivity index (χ0) is 29.0. The summed E-state index contributed by atoms with van der Waals surface area (Å²) in [4.78, 5) is 24.9. The second-order valence-corrected chi connectivity index (χ2v) is 10.8. The minimum Gasteiger partial charge on any atom is -0.496 e. The first kappa shape index (κ1) is 28.8. The summed E-state index contributed by atoms with van der Waals surface area (Å²) in [6.07, 6.45) is 0. The van der Waals surface area contributed by atoms with Gasteiger partial charge in [0.15, 0.2) is 5.75 Å². The summed E-state index contributed by atoms with van der Waals surface area (Å²) in [7, 11) is 1.41. The fourth-order valence-electron chi connectivity index (χ4n) is 4.11. The van der Waals surface area contributed by atoms with Gasteiger partial charge in [0.1, 0.15) is 17.1 Å². The van der Waals surface area contributed by atoms with Crippen molar-refractivity contribution in [3.63, 3.8) is 0 Å². The van der Waals surface area contributed by atoms with E-state index in [9.17, 15) is 14.7 Å². The highest BCUT2D eigenvalue weighted by Gasteiger charge is 2.21. The van der Waals surface area contributed by atoms with Crippen molar-refractivity contribution in [2.75, 3.05) is 17.7 Å². The van der Waals surface area contributed by atoms with Crippen molar-refractivity contribution in [1.29, 1.82) is 0 Å². The Bertz CT molecular complexity index is 1580. The van der Waals surface area contributed by atoms with E-state index >= 15 is 0 Å². The number of rotatable bonds is 7. The maximum atomic E-state index is 13.1. The Hall–Kier alpha value is -4.20. The van der Waals surface area contributed by atoms with E-state index in [0.717, 1.165) is 5.56 Å². The molecule has 0 aliphatic carbocycles. The monoisotopic (exact) mass is 578 g/mol. The van der Waals surface area contributed by atoms with E-state index < -0.39 is 12.0 Å². The number of methoxy groups -OCH3 is 1. The molecule has 4 rings (SSSR count). The second-order valence-electron chi connectivity index (χ2n) is 9.98. The summed E-state index contributed by atoms with van der Waals surface area (Å²) < 4.78 is 11.5. The van der Waals surface area contributed by atoms with Crippen LogP contribution in [-0.2, 0) is 5.41 Å². The van der Waals surface area contributed by atoms with Gasteiger partial charge in [-0.3, -0.25) is 0 Å². The van der Waals surface area contributed by atoms with Crippen LogP contribution < -0.4 is 20.1 Å². The van der Waals surface area contributed by atoms with Crippen molar-refractivity contribution in [3.05, 3.63) is 100 Å². The number of nitrogens with one attached hydrogen (secondary N) is 2. The standard InChI is InChI=1S/C31H28Cl2N2O5/c1-31(2,3)22-7-5-6-8-27(22)40-28-14-10-19(18-9-13-26(39-4)21(15-18)29(36)37)16-25(28)35-30(38)34-24-17-20(32)11-12-23(24)33/h5-17H,1-4H3,(H,36,37)(H2,34,35,38).